The number of aromatic carboxylic acids is 1. The number of halogens is 4. The van der Waals surface area contributed by atoms with Crippen molar-refractivity contribution in [1.29, 1.82) is 0 Å². The van der Waals surface area contributed by atoms with Crippen molar-refractivity contribution in [2.75, 3.05) is 10.6 Å². The number of aromatic nitrogens is 7. The van der Waals surface area contributed by atoms with Crippen molar-refractivity contribution in [3.63, 3.8) is 0 Å². The molecule has 0 saturated heterocycles. The van der Waals surface area contributed by atoms with Gasteiger partial charge in [-0.3, -0.25) is 9.79 Å². The molecule has 1 aliphatic carbocycles. The van der Waals surface area contributed by atoms with Gasteiger partial charge in [-0.2, -0.15) is 14.8 Å². The summed E-state index contributed by atoms with van der Waals surface area (Å²) in [4.78, 5) is 57.6. The molecule has 5 aromatic heterocycles. The minimum absolute atomic E-state index is 0.0342. The largest absolute Gasteiger partial charge is 0.475 e. The number of carboxylic acids is 1. The lowest BCUT2D eigenvalue weighted by molar-refractivity contribution is 0.0521. The van der Waals surface area contributed by atoms with Crippen molar-refractivity contribution in [2.24, 2.45) is 4.99 Å². The summed E-state index contributed by atoms with van der Waals surface area (Å²) in [6, 6.07) is 28.1. The third-order valence-electron chi connectivity index (χ3n) is 10.2. The number of fused-ring (bicyclic) bond motifs is 5. The molecule has 4 aromatic carbocycles. The fourth-order valence-electron chi connectivity index (χ4n) is 7.03. The van der Waals surface area contributed by atoms with E-state index in [4.69, 9.17) is 37.5 Å². The molecule has 0 saturated carbocycles. The van der Waals surface area contributed by atoms with Gasteiger partial charge in [0.25, 0.3) is 0 Å². The number of allylic oxidation sites excluding steroid dienone is 1. The smallest absolute Gasteiger partial charge is 0.435 e. The Morgan fingerprint density at radius 2 is 1.60 bits per heavy atom. The van der Waals surface area contributed by atoms with E-state index in [1.807, 2.05) is 99.8 Å². The Labute approximate surface area is 426 Å². The van der Waals surface area contributed by atoms with Crippen LogP contribution in [-0.2, 0) is 17.7 Å². The molecule has 70 heavy (non-hydrogen) atoms. The van der Waals surface area contributed by atoms with Crippen molar-refractivity contribution in [3.05, 3.63) is 163 Å². The number of carbonyl (C=O) groups excluding carboxylic acids is 2. The van der Waals surface area contributed by atoms with Crippen LogP contribution in [0.25, 0.3) is 38.9 Å². The van der Waals surface area contributed by atoms with E-state index in [0.717, 1.165) is 71.8 Å². The number of carboxylic acid groups (broad SMARTS) is 1. The molecule has 4 N–H and O–H groups in total. The number of nitrogens with zero attached hydrogens (tertiary/aromatic N) is 7. The highest BCUT2D eigenvalue weighted by Gasteiger charge is 2.21. The second-order valence-corrected chi connectivity index (χ2v) is 19.0. The minimum atomic E-state index is -1.05. The van der Waals surface area contributed by atoms with E-state index in [-0.39, 0.29) is 22.1 Å². The summed E-state index contributed by atoms with van der Waals surface area (Å²) in [6.07, 6.45) is 9.36. The van der Waals surface area contributed by atoms with Gasteiger partial charge in [-0.1, -0.05) is 56.1 Å². The van der Waals surface area contributed by atoms with Crippen LogP contribution in [0, 0.1) is 0 Å². The molecule has 6 heterocycles. The van der Waals surface area contributed by atoms with Gasteiger partial charge >= 0.3 is 12.1 Å². The predicted molar refractivity (Wildman–Crippen MR) is 279 cm³/mol. The SMILES string of the molecule is CC(=O)c1cc2ccc(Br)cc2[nH]1.CC(C)(C)OC(=O)n1ncc2cc(Nc3nc(Cl)nc4c3C=CC4)ccc21.Clc1nccc(Nc2ccc3c(c2)C=NC3)n1.O=C(O)c1cc2ccc(Br)cc2o1. The first kappa shape index (κ1) is 49.2. The van der Waals surface area contributed by atoms with Crippen LogP contribution >= 0.6 is 55.1 Å². The van der Waals surface area contributed by atoms with Gasteiger partial charge in [-0.25, -0.2) is 24.5 Å². The summed E-state index contributed by atoms with van der Waals surface area (Å²) < 4.78 is 13.6. The summed E-state index contributed by atoms with van der Waals surface area (Å²) >= 11 is 18.4. The average Bonchev–Trinajstić information content (AvgIpc) is 4.16. The Morgan fingerprint density at radius 3 is 2.36 bits per heavy atom. The molecule has 0 amide bonds. The van der Waals surface area contributed by atoms with Crippen molar-refractivity contribution >= 4 is 141 Å². The van der Waals surface area contributed by atoms with Gasteiger partial charge in [0.1, 0.15) is 22.8 Å². The number of H-pyrrole nitrogens is 1. The van der Waals surface area contributed by atoms with E-state index in [9.17, 15) is 14.4 Å². The second-order valence-electron chi connectivity index (χ2n) is 16.5. The lowest BCUT2D eigenvalue weighted by atomic mass is 10.1. The van der Waals surface area contributed by atoms with Crippen molar-refractivity contribution in [1.82, 2.24) is 34.7 Å². The number of anilines is 4. The van der Waals surface area contributed by atoms with E-state index < -0.39 is 17.7 Å². The van der Waals surface area contributed by atoms with Gasteiger partial charge in [0.15, 0.2) is 5.78 Å². The number of furan rings is 1. The highest BCUT2D eigenvalue weighted by Crippen LogP contribution is 2.30. The number of hydrogen-bond acceptors (Lipinski definition) is 13. The fourth-order valence-corrected chi connectivity index (χ4v) is 8.06. The minimum Gasteiger partial charge on any atom is -0.475 e. The van der Waals surface area contributed by atoms with E-state index >= 15 is 0 Å². The molecule has 1 aliphatic heterocycles. The number of rotatable bonds is 6. The number of aromatic amines is 1. The highest BCUT2D eigenvalue weighted by molar-refractivity contribution is 9.10. The topological polar surface area (TPSA) is 215 Å². The summed E-state index contributed by atoms with van der Waals surface area (Å²) in [6.45, 7) is 7.78. The quantitative estimate of drug-likeness (QED) is 0.0901. The first-order valence-corrected chi connectivity index (χ1v) is 23.6. The molecule has 354 valence electrons. The van der Waals surface area contributed by atoms with Crippen LogP contribution in [0.3, 0.4) is 0 Å². The third kappa shape index (κ3) is 12.3. The van der Waals surface area contributed by atoms with E-state index in [0.29, 0.717) is 28.4 Å². The highest BCUT2D eigenvalue weighted by atomic mass is 79.9. The van der Waals surface area contributed by atoms with Crippen LogP contribution in [0.4, 0.5) is 27.8 Å². The number of hydrogen-bond donors (Lipinski definition) is 4. The molecule has 0 fully saturated rings. The maximum atomic E-state index is 12.3. The van der Waals surface area contributed by atoms with Gasteiger partial charge in [0.05, 0.1) is 29.6 Å². The zero-order chi connectivity index (χ0) is 49.7. The third-order valence-corrected chi connectivity index (χ3v) is 11.5. The number of aliphatic imine (C=N–C) groups is 1. The van der Waals surface area contributed by atoms with E-state index in [1.165, 1.54) is 16.3 Å². The number of ether oxygens (including phenoxy) is 1. The molecule has 0 atom stereocenters. The normalized spacial score (nSPS) is 12.0. The zero-order valence-electron chi connectivity index (χ0n) is 37.6. The van der Waals surface area contributed by atoms with Crippen LogP contribution in [0.5, 0.6) is 0 Å². The molecule has 0 unspecified atom stereocenters. The Hall–Kier alpha value is -7.25. The predicted octanol–water partition coefficient (Wildman–Crippen LogP) is 13.4. The molecule has 16 nitrogen and oxygen atoms in total. The lowest BCUT2D eigenvalue weighted by Gasteiger charge is -2.19. The molecule has 11 rings (SSSR count). The molecule has 0 radical (unpaired) electrons. The summed E-state index contributed by atoms with van der Waals surface area (Å²) in [7, 11) is 0. The Bertz CT molecular complexity index is 3440. The summed E-state index contributed by atoms with van der Waals surface area (Å²) in [5.74, 6) is 0.310. The molecule has 9 aromatic rings. The zero-order valence-corrected chi connectivity index (χ0v) is 42.3. The average molecular weight is 1110 g/mol. The van der Waals surface area contributed by atoms with Crippen LogP contribution in [0.2, 0.25) is 10.6 Å². The number of Topliss-reactive ketones (excluding diaryl/α,β-unsaturated/α-hetero) is 1. The first-order chi connectivity index (χ1) is 33.4. The maximum Gasteiger partial charge on any atom is 0.435 e. The molecule has 2 aliphatic rings. The molecular formula is C50H40Br2Cl2N10O6. The molecule has 20 heteroatoms. The monoisotopic (exact) mass is 1100 g/mol. The summed E-state index contributed by atoms with van der Waals surface area (Å²) in [5.41, 5.74) is 8.30. The van der Waals surface area contributed by atoms with Crippen molar-refractivity contribution < 1.29 is 28.6 Å². The Morgan fingerprint density at radius 1 is 0.843 bits per heavy atom. The number of carbonyl (C=O) groups is 3. The molecular weight excluding hydrogens is 1070 g/mol. The summed E-state index contributed by atoms with van der Waals surface area (Å²) in [5, 5.41) is 22.4. The first-order valence-electron chi connectivity index (χ1n) is 21.3. The van der Waals surface area contributed by atoms with Crippen LogP contribution in [0.1, 0.15) is 71.1 Å². The number of nitrogens with one attached hydrogen (secondary N) is 3. The van der Waals surface area contributed by atoms with Gasteiger partial charge < -0.3 is 29.9 Å². The Kier molecular flexibility index (Phi) is 14.9. The maximum absolute atomic E-state index is 12.3. The lowest BCUT2D eigenvalue weighted by Crippen LogP contribution is -2.27. The van der Waals surface area contributed by atoms with Gasteiger partial charge in [-0.05, 0) is 134 Å². The second kappa shape index (κ2) is 21.2. The Balaban J connectivity index is 0.000000132. The molecule has 0 bridgehead atoms. The number of ketones is 1. The van der Waals surface area contributed by atoms with E-state index in [1.54, 1.807) is 37.5 Å². The standard InChI is InChI=1S/C19H18ClN5O2.C12H9ClN4.C10H8BrNO.C9H5BrO3/c1-19(2,3)27-18(26)25-15-8-7-12(9-11(15)10-21-25)22-16-13-5-4-6-14(13)23-17(20)24-16;13-12-15-4-3-11(17-12)16-10-2-1-8-6-14-7-9(8)5-10;1-6(13)9-4-7-2-3-8(11)5-10(7)12-9;10-6-2-1-5-3-8(9(11)12)13-7(5)4-6/h4-5,7-10H,6H2,1-3H3,(H,22,23,24);1-5,7H,6H2,(H,15,16,17);2-5,12H,1H3;1-4H,(H,11,12). The molecule has 0 spiro atoms. The number of benzene rings is 4. The van der Waals surface area contributed by atoms with Crippen LogP contribution in [0.15, 0.2) is 128 Å². The van der Waals surface area contributed by atoms with E-state index in [2.05, 4.69) is 83.6 Å². The fraction of sp³-hybridized carbons (Fsp3) is 0.140. The van der Waals surface area contributed by atoms with Gasteiger partial charge in [-0.15, -0.1) is 0 Å². The van der Waals surface area contributed by atoms with Crippen molar-refractivity contribution in [3.8, 4) is 0 Å². The van der Waals surface area contributed by atoms with Gasteiger partial charge in [0.2, 0.25) is 16.3 Å². The van der Waals surface area contributed by atoms with Gasteiger partial charge in [0, 0.05) is 73.3 Å². The van der Waals surface area contributed by atoms with Crippen molar-refractivity contribution in [2.45, 2.75) is 46.3 Å². The van der Waals surface area contributed by atoms with Crippen LogP contribution < -0.4 is 10.6 Å². The van der Waals surface area contributed by atoms with Crippen LogP contribution in [-0.4, -0.2) is 69.5 Å².